The van der Waals surface area contributed by atoms with Gasteiger partial charge < -0.3 is 34.7 Å². The van der Waals surface area contributed by atoms with Crippen LogP contribution in [0.15, 0.2) is 46.9 Å². The van der Waals surface area contributed by atoms with Gasteiger partial charge in [0.1, 0.15) is 11.1 Å². The molecule has 1 fully saturated rings. The highest BCUT2D eigenvalue weighted by Crippen LogP contribution is 2.34. The number of rotatable bonds is 3. The number of thiocarbonyl (C=S) groups is 1. The number of nitrogen functional groups attached to an aromatic ring is 1. The molecule has 4 heterocycles. The number of nitrogens with two attached hydrogens (primary N) is 1. The van der Waals surface area contributed by atoms with Crippen LogP contribution in [-0.4, -0.2) is 53.0 Å². The Balaban J connectivity index is 0.00000241. The number of hydrogen-bond acceptors (Lipinski definition) is 8. The first-order valence-corrected chi connectivity index (χ1v) is 11.2. The van der Waals surface area contributed by atoms with Gasteiger partial charge in [0.25, 0.3) is 0 Å². The van der Waals surface area contributed by atoms with Gasteiger partial charge in [-0.05, 0) is 42.0 Å². The van der Waals surface area contributed by atoms with E-state index in [4.69, 9.17) is 31.8 Å². The smallest absolute Gasteiger partial charge is 0.231 e. The summed E-state index contributed by atoms with van der Waals surface area (Å²) in [5, 5.41) is 5.01. The van der Waals surface area contributed by atoms with Crippen LogP contribution in [0.1, 0.15) is 13.0 Å². The van der Waals surface area contributed by atoms with Gasteiger partial charge in [0.05, 0.1) is 0 Å². The van der Waals surface area contributed by atoms with E-state index >= 15 is 0 Å². The van der Waals surface area contributed by atoms with Gasteiger partial charge in [-0.15, -0.1) is 0 Å². The fourth-order valence-corrected chi connectivity index (χ4v) is 4.52. The van der Waals surface area contributed by atoms with Crippen molar-refractivity contribution in [2.24, 2.45) is 0 Å². The van der Waals surface area contributed by atoms with Crippen molar-refractivity contribution >= 4 is 51.2 Å². The third kappa shape index (κ3) is 3.90. The molecule has 0 aliphatic carbocycles. The van der Waals surface area contributed by atoms with Crippen LogP contribution in [0, 0.1) is 0 Å². The van der Waals surface area contributed by atoms with Crippen molar-refractivity contribution in [3.8, 4) is 11.5 Å². The molecule has 2 aromatic carbocycles. The van der Waals surface area contributed by atoms with Crippen molar-refractivity contribution in [3.63, 3.8) is 0 Å². The van der Waals surface area contributed by atoms with Crippen LogP contribution >= 0.6 is 12.2 Å². The van der Waals surface area contributed by atoms with E-state index in [-0.39, 0.29) is 20.2 Å². The largest absolute Gasteiger partial charge is 0.454 e. The van der Waals surface area contributed by atoms with Crippen LogP contribution in [0.5, 0.6) is 11.5 Å². The first kappa shape index (κ1) is 22.0. The van der Waals surface area contributed by atoms with Crippen molar-refractivity contribution in [1.82, 2.24) is 20.2 Å². The summed E-state index contributed by atoms with van der Waals surface area (Å²) in [4.78, 5) is 13.3. The lowest BCUT2D eigenvalue weighted by molar-refractivity contribution is 0.174. The Kier molecular flexibility index (Phi) is 5.74. The average molecular weight is 479 g/mol. The van der Waals surface area contributed by atoms with Crippen LogP contribution in [0.2, 0.25) is 0 Å². The van der Waals surface area contributed by atoms with E-state index in [2.05, 4.69) is 25.1 Å². The number of furan rings is 1. The monoisotopic (exact) mass is 478 g/mol. The van der Waals surface area contributed by atoms with Gasteiger partial charge in [-0.3, -0.25) is 0 Å². The zero-order valence-corrected chi connectivity index (χ0v) is 18.6. The van der Waals surface area contributed by atoms with Gasteiger partial charge in [-0.2, -0.15) is 4.98 Å². The molecule has 0 amide bonds. The summed E-state index contributed by atoms with van der Waals surface area (Å²) >= 11 is 5.65. The normalized spacial score (nSPS) is 14.9. The molecule has 0 saturated carbocycles. The molecule has 6 rings (SSSR count). The molecule has 0 unspecified atom stereocenters. The predicted octanol–water partition coefficient (Wildman–Crippen LogP) is 3.52. The zero-order chi connectivity index (χ0) is 22.4. The molecule has 4 aromatic rings. The summed E-state index contributed by atoms with van der Waals surface area (Å²) in [6.45, 7) is 3.91. The topological polar surface area (TPSA) is 102 Å². The van der Waals surface area contributed by atoms with Crippen LogP contribution in [-0.2, 0) is 6.54 Å². The molecule has 3 N–H and O–H groups in total. The SMILES string of the molecule is C.Nc1nc(N2CCN(C(=S)NCc3ccc4c(c3)OCO4)CC2)c2oc3ccccc3c2n1. The first-order valence-electron chi connectivity index (χ1n) is 10.8. The quantitative estimate of drug-likeness (QED) is 0.425. The van der Waals surface area contributed by atoms with E-state index in [9.17, 15) is 0 Å². The molecule has 2 aliphatic rings. The maximum atomic E-state index is 6.09. The molecule has 34 heavy (non-hydrogen) atoms. The van der Waals surface area contributed by atoms with Crippen molar-refractivity contribution in [2.45, 2.75) is 14.0 Å². The molecular formula is C24H26N6O3S. The Morgan fingerprint density at radius 1 is 1.03 bits per heavy atom. The minimum atomic E-state index is 0. The lowest BCUT2D eigenvalue weighted by Crippen LogP contribution is -2.51. The Labute approximate surface area is 202 Å². The van der Waals surface area contributed by atoms with Crippen LogP contribution < -0.4 is 25.4 Å². The Bertz CT molecular complexity index is 1370. The molecule has 9 nitrogen and oxygen atoms in total. The van der Waals surface area contributed by atoms with Crippen molar-refractivity contribution in [1.29, 1.82) is 0 Å². The van der Waals surface area contributed by atoms with Gasteiger partial charge in [-0.25, -0.2) is 4.98 Å². The first-order chi connectivity index (χ1) is 16.2. The maximum Gasteiger partial charge on any atom is 0.231 e. The molecule has 2 aliphatic heterocycles. The molecule has 176 valence electrons. The molecule has 1 saturated heterocycles. The summed E-state index contributed by atoms with van der Waals surface area (Å²) < 4.78 is 16.9. The number of nitrogens with one attached hydrogen (secondary N) is 1. The Hall–Kier alpha value is -3.79. The summed E-state index contributed by atoms with van der Waals surface area (Å²) in [6.07, 6.45) is 0. The minimum absolute atomic E-state index is 0. The number of anilines is 2. The van der Waals surface area contributed by atoms with Gasteiger partial charge in [0.15, 0.2) is 28.0 Å². The second kappa shape index (κ2) is 8.86. The van der Waals surface area contributed by atoms with E-state index in [1.807, 2.05) is 42.5 Å². The molecule has 0 bridgehead atoms. The number of ether oxygens (including phenoxy) is 2. The third-order valence-corrected chi connectivity index (χ3v) is 6.37. The summed E-state index contributed by atoms with van der Waals surface area (Å²) in [7, 11) is 0. The number of fused-ring (bicyclic) bond motifs is 4. The summed E-state index contributed by atoms with van der Waals surface area (Å²) in [6, 6.07) is 13.7. The van der Waals surface area contributed by atoms with E-state index in [0.717, 1.165) is 70.7 Å². The van der Waals surface area contributed by atoms with E-state index in [1.165, 1.54) is 0 Å². The molecule has 0 spiro atoms. The fourth-order valence-electron chi connectivity index (χ4n) is 4.27. The van der Waals surface area contributed by atoms with Crippen LogP contribution in [0.3, 0.4) is 0 Å². The highest BCUT2D eigenvalue weighted by Gasteiger charge is 2.24. The van der Waals surface area contributed by atoms with E-state index < -0.39 is 0 Å². The third-order valence-electron chi connectivity index (χ3n) is 5.97. The second-order valence-corrected chi connectivity index (χ2v) is 8.39. The molecular weight excluding hydrogens is 452 g/mol. The van der Waals surface area contributed by atoms with Crippen LogP contribution in [0.25, 0.3) is 22.1 Å². The van der Waals surface area contributed by atoms with Gasteiger partial charge in [-0.1, -0.05) is 25.6 Å². The summed E-state index contributed by atoms with van der Waals surface area (Å²) in [5.74, 6) is 2.52. The number of para-hydroxylation sites is 1. The van der Waals surface area contributed by atoms with Crippen LogP contribution in [0.4, 0.5) is 11.8 Å². The molecule has 10 heteroatoms. The number of piperazine rings is 1. The summed E-state index contributed by atoms with van der Waals surface area (Å²) in [5.41, 5.74) is 9.32. The van der Waals surface area contributed by atoms with Gasteiger partial charge in [0, 0.05) is 38.1 Å². The lowest BCUT2D eigenvalue weighted by atomic mass is 10.2. The highest BCUT2D eigenvalue weighted by atomic mass is 32.1. The van der Waals surface area contributed by atoms with E-state index in [0.29, 0.717) is 12.1 Å². The number of benzene rings is 2. The van der Waals surface area contributed by atoms with Crippen molar-refractivity contribution in [3.05, 3.63) is 48.0 Å². The Morgan fingerprint density at radius 2 is 1.82 bits per heavy atom. The van der Waals surface area contributed by atoms with Gasteiger partial charge in [0.2, 0.25) is 12.7 Å². The predicted molar refractivity (Wildman–Crippen MR) is 136 cm³/mol. The molecule has 0 atom stereocenters. The fraction of sp³-hybridized carbons (Fsp3) is 0.292. The average Bonchev–Trinajstić information content (AvgIpc) is 3.46. The number of nitrogens with zero attached hydrogens (tertiary/aromatic N) is 4. The molecule has 0 radical (unpaired) electrons. The lowest BCUT2D eigenvalue weighted by Gasteiger charge is -2.36. The van der Waals surface area contributed by atoms with E-state index in [1.54, 1.807) is 0 Å². The molecule has 2 aromatic heterocycles. The Morgan fingerprint density at radius 3 is 2.68 bits per heavy atom. The van der Waals surface area contributed by atoms with Gasteiger partial charge >= 0.3 is 0 Å². The number of aromatic nitrogens is 2. The zero-order valence-electron chi connectivity index (χ0n) is 17.8. The number of hydrogen-bond donors (Lipinski definition) is 2. The standard InChI is InChI=1S/C23H22N6O3S.CH4/c24-22-26-19-15-3-1-2-4-16(15)32-20(19)21(27-22)28-7-9-29(10-8-28)23(33)25-12-14-5-6-17-18(11-14)31-13-30-17;/h1-6,11H,7-10,12-13H2,(H,25,33)(H2,24,26,27);1H4. The highest BCUT2D eigenvalue weighted by molar-refractivity contribution is 7.80. The van der Waals surface area contributed by atoms with Crippen molar-refractivity contribution < 1.29 is 13.9 Å². The minimum Gasteiger partial charge on any atom is -0.454 e. The van der Waals surface area contributed by atoms with Crippen molar-refractivity contribution in [2.75, 3.05) is 43.6 Å². The second-order valence-electron chi connectivity index (χ2n) is 8.00. The maximum absolute atomic E-state index is 6.09.